The first-order valence-electron chi connectivity index (χ1n) is 5.79. The Morgan fingerprint density at radius 2 is 2.05 bits per heavy atom. The van der Waals surface area contributed by atoms with Crippen molar-refractivity contribution in [1.82, 2.24) is 0 Å². The lowest BCUT2D eigenvalue weighted by molar-refractivity contribution is 0.303. The summed E-state index contributed by atoms with van der Waals surface area (Å²) in [6, 6.07) is 11.5. The van der Waals surface area contributed by atoms with Gasteiger partial charge in [-0.3, -0.25) is 0 Å². The Balaban J connectivity index is 2.17. The SMILES string of the molecule is N#Cc1ccc(F)cc1COc1ccc(CCl)cc1Br. The largest absolute Gasteiger partial charge is 0.488 e. The Hall–Kier alpha value is -1.57. The Morgan fingerprint density at radius 3 is 2.70 bits per heavy atom. The Labute approximate surface area is 129 Å². The highest BCUT2D eigenvalue weighted by molar-refractivity contribution is 9.10. The zero-order chi connectivity index (χ0) is 14.5. The van der Waals surface area contributed by atoms with E-state index < -0.39 is 0 Å². The number of rotatable bonds is 4. The van der Waals surface area contributed by atoms with Crippen LogP contribution in [0.4, 0.5) is 4.39 Å². The number of nitrogens with zero attached hydrogens (tertiary/aromatic N) is 1. The topological polar surface area (TPSA) is 33.0 Å². The molecular formula is C15H10BrClFNO. The molecule has 20 heavy (non-hydrogen) atoms. The molecule has 0 atom stereocenters. The molecule has 2 aromatic carbocycles. The van der Waals surface area contributed by atoms with Crippen molar-refractivity contribution in [3.63, 3.8) is 0 Å². The minimum absolute atomic E-state index is 0.124. The normalized spacial score (nSPS) is 10.1. The maximum absolute atomic E-state index is 13.2. The van der Waals surface area contributed by atoms with Gasteiger partial charge in [-0.1, -0.05) is 6.07 Å². The second-order valence-electron chi connectivity index (χ2n) is 4.10. The minimum Gasteiger partial charge on any atom is -0.488 e. The summed E-state index contributed by atoms with van der Waals surface area (Å²) in [5, 5.41) is 8.98. The van der Waals surface area contributed by atoms with Gasteiger partial charge in [0.05, 0.1) is 16.1 Å². The Kier molecular flexibility index (Phi) is 4.99. The fourth-order valence-electron chi connectivity index (χ4n) is 1.69. The van der Waals surface area contributed by atoms with Gasteiger partial charge in [-0.25, -0.2) is 4.39 Å². The molecule has 0 saturated heterocycles. The molecule has 0 radical (unpaired) electrons. The predicted molar refractivity (Wildman–Crippen MR) is 79.1 cm³/mol. The van der Waals surface area contributed by atoms with Crippen LogP contribution < -0.4 is 4.74 Å². The molecule has 0 aromatic heterocycles. The molecule has 0 unspecified atom stereocenters. The second-order valence-corrected chi connectivity index (χ2v) is 5.22. The number of nitriles is 1. The predicted octanol–water partition coefficient (Wildman–Crippen LogP) is 4.78. The number of benzene rings is 2. The summed E-state index contributed by atoms with van der Waals surface area (Å²) in [4.78, 5) is 0. The van der Waals surface area contributed by atoms with Gasteiger partial charge in [0.25, 0.3) is 0 Å². The molecule has 0 heterocycles. The molecule has 0 saturated carbocycles. The summed E-state index contributed by atoms with van der Waals surface area (Å²) in [6.45, 7) is 0.124. The summed E-state index contributed by atoms with van der Waals surface area (Å²) in [6.07, 6.45) is 0. The smallest absolute Gasteiger partial charge is 0.134 e. The maximum Gasteiger partial charge on any atom is 0.134 e. The molecule has 2 rings (SSSR count). The minimum atomic E-state index is -0.390. The molecule has 0 aliphatic heterocycles. The van der Waals surface area contributed by atoms with Crippen molar-refractivity contribution in [2.24, 2.45) is 0 Å². The molecule has 102 valence electrons. The first-order chi connectivity index (χ1) is 9.63. The van der Waals surface area contributed by atoms with Gasteiger partial charge in [0.2, 0.25) is 0 Å². The van der Waals surface area contributed by atoms with Gasteiger partial charge in [-0.15, -0.1) is 11.6 Å². The number of alkyl halides is 1. The van der Waals surface area contributed by atoms with E-state index in [2.05, 4.69) is 15.9 Å². The number of halogens is 3. The molecule has 0 fully saturated rings. The summed E-state index contributed by atoms with van der Waals surface area (Å²) in [5.74, 6) is 0.646. The molecule has 0 aliphatic rings. The van der Waals surface area contributed by atoms with Crippen LogP contribution in [0, 0.1) is 17.1 Å². The first kappa shape index (κ1) is 14.8. The van der Waals surface area contributed by atoms with Crippen LogP contribution in [0.3, 0.4) is 0 Å². The van der Waals surface area contributed by atoms with Crippen LogP contribution in [0.25, 0.3) is 0 Å². The van der Waals surface area contributed by atoms with Crippen molar-refractivity contribution >= 4 is 27.5 Å². The molecule has 2 nitrogen and oxygen atoms in total. The fraction of sp³-hybridized carbons (Fsp3) is 0.133. The van der Waals surface area contributed by atoms with E-state index >= 15 is 0 Å². The van der Waals surface area contributed by atoms with Crippen molar-refractivity contribution in [1.29, 1.82) is 5.26 Å². The van der Waals surface area contributed by atoms with Crippen LogP contribution in [-0.2, 0) is 12.5 Å². The third-order valence-electron chi connectivity index (χ3n) is 2.72. The highest BCUT2D eigenvalue weighted by atomic mass is 79.9. The van der Waals surface area contributed by atoms with Crippen LogP contribution in [0.2, 0.25) is 0 Å². The fourth-order valence-corrected chi connectivity index (χ4v) is 2.40. The van der Waals surface area contributed by atoms with Gasteiger partial charge in [0, 0.05) is 11.4 Å². The molecule has 0 N–H and O–H groups in total. The summed E-state index contributed by atoms with van der Waals surface area (Å²) >= 11 is 9.13. The monoisotopic (exact) mass is 353 g/mol. The average Bonchev–Trinajstić information content (AvgIpc) is 2.46. The Bertz CT molecular complexity index is 669. The van der Waals surface area contributed by atoms with Gasteiger partial charge in [-0.05, 0) is 51.8 Å². The van der Waals surface area contributed by atoms with Crippen molar-refractivity contribution in [3.8, 4) is 11.8 Å². The van der Waals surface area contributed by atoms with Crippen LogP contribution >= 0.6 is 27.5 Å². The van der Waals surface area contributed by atoms with E-state index in [1.165, 1.54) is 18.2 Å². The molecular weight excluding hydrogens is 345 g/mol. The van der Waals surface area contributed by atoms with E-state index in [-0.39, 0.29) is 12.4 Å². The molecule has 2 aromatic rings. The lowest BCUT2D eigenvalue weighted by Gasteiger charge is -2.10. The van der Waals surface area contributed by atoms with Crippen molar-refractivity contribution in [2.45, 2.75) is 12.5 Å². The lowest BCUT2D eigenvalue weighted by atomic mass is 10.1. The summed E-state index contributed by atoms with van der Waals surface area (Å²) in [5.41, 5.74) is 1.88. The van der Waals surface area contributed by atoms with Crippen molar-refractivity contribution in [2.75, 3.05) is 0 Å². The highest BCUT2D eigenvalue weighted by Gasteiger charge is 2.07. The average molecular weight is 355 g/mol. The van der Waals surface area contributed by atoms with Crippen LogP contribution in [0.1, 0.15) is 16.7 Å². The Morgan fingerprint density at radius 1 is 1.25 bits per heavy atom. The van der Waals surface area contributed by atoms with Crippen LogP contribution in [0.5, 0.6) is 5.75 Å². The zero-order valence-electron chi connectivity index (χ0n) is 10.4. The molecule has 5 heteroatoms. The van der Waals surface area contributed by atoms with Crippen LogP contribution in [-0.4, -0.2) is 0 Å². The van der Waals surface area contributed by atoms with E-state index in [1.54, 1.807) is 6.07 Å². The van der Waals surface area contributed by atoms with E-state index in [1.807, 2.05) is 18.2 Å². The van der Waals surface area contributed by atoms with E-state index in [0.717, 1.165) is 10.0 Å². The summed E-state index contributed by atoms with van der Waals surface area (Å²) < 4.78 is 19.6. The van der Waals surface area contributed by atoms with Crippen molar-refractivity contribution < 1.29 is 9.13 Å². The number of hydrogen-bond donors (Lipinski definition) is 0. The number of ether oxygens (including phenoxy) is 1. The second kappa shape index (κ2) is 6.74. The van der Waals surface area contributed by atoms with Gasteiger partial charge < -0.3 is 4.74 Å². The molecule has 0 aliphatic carbocycles. The van der Waals surface area contributed by atoms with Crippen LogP contribution in [0.15, 0.2) is 40.9 Å². The van der Waals surface area contributed by atoms with Gasteiger partial charge >= 0.3 is 0 Å². The quantitative estimate of drug-likeness (QED) is 0.740. The van der Waals surface area contributed by atoms with E-state index in [0.29, 0.717) is 22.8 Å². The maximum atomic E-state index is 13.2. The van der Waals surface area contributed by atoms with E-state index in [9.17, 15) is 4.39 Å². The zero-order valence-corrected chi connectivity index (χ0v) is 12.7. The highest BCUT2D eigenvalue weighted by Crippen LogP contribution is 2.27. The lowest BCUT2D eigenvalue weighted by Crippen LogP contribution is -2.00. The molecule has 0 spiro atoms. The van der Waals surface area contributed by atoms with E-state index in [4.69, 9.17) is 21.6 Å². The van der Waals surface area contributed by atoms with Crippen molar-refractivity contribution in [3.05, 3.63) is 63.4 Å². The third-order valence-corrected chi connectivity index (χ3v) is 3.65. The van der Waals surface area contributed by atoms with Gasteiger partial charge in [0.15, 0.2) is 0 Å². The molecule has 0 bridgehead atoms. The molecule has 0 amide bonds. The summed E-state index contributed by atoms with van der Waals surface area (Å²) in [7, 11) is 0. The standard InChI is InChI=1S/C15H10BrClFNO/c16-14-5-10(7-17)1-4-15(14)20-9-12-6-13(18)3-2-11(12)8-19/h1-6H,7,9H2. The third kappa shape index (κ3) is 3.50. The van der Waals surface area contributed by atoms with Gasteiger partial charge in [0.1, 0.15) is 18.2 Å². The first-order valence-corrected chi connectivity index (χ1v) is 7.12. The number of hydrogen-bond acceptors (Lipinski definition) is 2. The van der Waals surface area contributed by atoms with Gasteiger partial charge in [-0.2, -0.15) is 5.26 Å².